The van der Waals surface area contributed by atoms with Crippen molar-refractivity contribution in [3.63, 3.8) is 0 Å². The van der Waals surface area contributed by atoms with Gasteiger partial charge in [-0.25, -0.2) is 0 Å². The van der Waals surface area contributed by atoms with Crippen LogP contribution in [0.5, 0.6) is 0 Å². The summed E-state index contributed by atoms with van der Waals surface area (Å²) in [7, 11) is 0. The van der Waals surface area contributed by atoms with E-state index in [1.807, 2.05) is 0 Å². The molecule has 0 amide bonds. The van der Waals surface area contributed by atoms with E-state index in [4.69, 9.17) is 0 Å². The molecule has 0 aromatic heterocycles. The Morgan fingerprint density at radius 1 is 0.750 bits per heavy atom. The van der Waals surface area contributed by atoms with Crippen LogP contribution in [-0.4, -0.2) is 16.8 Å². The predicted molar refractivity (Wildman–Crippen MR) is 22.7 cm³/mol. The van der Waals surface area contributed by atoms with Crippen molar-refractivity contribution in [3.8, 4) is 0 Å². The summed E-state index contributed by atoms with van der Waals surface area (Å²) in [6.45, 7) is 0. The van der Waals surface area contributed by atoms with Crippen LogP contribution in [-0.2, 0) is 0 Å². The molecule has 0 spiro atoms. The molecule has 0 N–H and O–H groups in total. The summed E-state index contributed by atoms with van der Waals surface area (Å²) >= 11 is 0. The van der Waals surface area contributed by atoms with Crippen LogP contribution < -0.4 is 48.4 Å². The first kappa shape index (κ1) is 42.9. The van der Waals surface area contributed by atoms with E-state index in [1.165, 1.54) is 0 Å². The second-order valence-electron chi connectivity index (χ2n) is 0. The van der Waals surface area contributed by atoms with Gasteiger partial charge in [0.15, 0.2) is 0 Å². The van der Waals surface area contributed by atoms with Crippen LogP contribution in [0.3, 0.4) is 0 Å². The Labute approximate surface area is 64.7 Å². The predicted octanol–water partition coefficient (Wildman–Crippen LogP) is -8.90. The van der Waals surface area contributed by atoms with Gasteiger partial charge in [-0.05, 0) is 0 Å². The smallest absolute Gasteiger partial charge is 0.0626 e. The Hall–Kier alpha value is 1.73. The van der Waals surface area contributed by atoms with Gasteiger partial charge in [0.2, 0.25) is 0 Å². The Morgan fingerprint density at radius 2 is 0.750 bits per heavy atom. The average Bonchev–Trinajstić information content (AvgIpc) is 0. The fraction of sp³-hybridized carbons (Fsp3) is 0. The van der Waals surface area contributed by atoms with E-state index in [9.17, 15) is 0 Å². The van der Waals surface area contributed by atoms with Gasteiger partial charge in [-0.3, -0.25) is 0 Å². The molecule has 0 atom stereocenters. The van der Waals surface area contributed by atoms with Crippen molar-refractivity contribution < 1.29 is 48.4 Å². The second kappa shape index (κ2) is 22.0. The van der Waals surface area contributed by atoms with Crippen LogP contribution in [0.25, 0.3) is 0 Å². The average molecular weight is 59.6 g/mol. The minimum Gasteiger partial charge on any atom is -0.0626 e. The largest absolute Gasteiger partial charge is 1.00 e. The van der Waals surface area contributed by atoms with Gasteiger partial charge in [-0.15, -0.1) is 0 Å². The zero-order valence-corrected chi connectivity index (χ0v) is 4.00. The standard InChI is InChI=1S/2BH4.Li.Na/h2*1H4;;/q2*-1;2*+1. The molecule has 0 aliphatic rings. The fourth-order valence-corrected chi connectivity index (χ4v) is 0. The number of hydrogen-bond donors (Lipinski definition) is 0. The summed E-state index contributed by atoms with van der Waals surface area (Å²) in [5.74, 6) is 0. The van der Waals surface area contributed by atoms with Gasteiger partial charge in [0.05, 0.1) is 0 Å². The fourth-order valence-electron chi connectivity index (χ4n) is 0. The summed E-state index contributed by atoms with van der Waals surface area (Å²) < 4.78 is 0. The molecule has 0 aromatic rings. The van der Waals surface area contributed by atoms with Crippen LogP contribution >= 0.6 is 0 Å². The Morgan fingerprint density at radius 3 is 0.750 bits per heavy atom. The van der Waals surface area contributed by atoms with Gasteiger partial charge < -0.3 is 0 Å². The van der Waals surface area contributed by atoms with Crippen molar-refractivity contribution in [1.29, 1.82) is 0 Å². The van der Waals surface area contributed by atoms with Crippen LogP contribution in [0.2, 0.25) is 0 Å². The van der Waals surface area contributed by atoms with Gasteiger partial charge >= 0.3 is 48.4 Å². The molecule has 0 saturated heterocycles. The maximum absolute atomic E-state index is 0. The molecule has 0 heterocycles. The molecule has 4 heavy (non-hydrogen) atoms. The molecule has 0 saturated carbocycles. The minimum atomic E-state index is 0. The van der Waals surface area contributed by atoms with Crippen LogP contribution in [0.4, 0.5) is 0 Å². The summed E-state index contributed by atoms with van der Waals surface area (Å²) in [4.78, 5) is 0. The van der Waals surface area contributed by atoms with E-state index in [-0.39, 0.29) is 65.2 Å². The third-order valence-electron chi connectivity index (χ3n) is 0. The summed E-state index contributed by atoms with van der Waals surface area (Å²) in [5.41, 5.74) is 0. The summed E-state index contributed by atoms with van der Waals surface area (Å²) in [6, 6.07) is 0. The van der Waals surface area contributed by atoms with Crippen LogP contribution in [0.15, 0.2) is 0 Å². The van der Waals surface area contributed by atoms with E-state index >= 15 is 0 Å². The molecule has 0 fully saturated rings. The molecule has 0 radical (unpaired) electrons. The maximum Gasteiger partial charge on any atom is 1.00 e. The van der Waals surface area contributed by atoms with E-state index in [2.05, 4.69) is 0 Å². The van der Waals surface area contributed by atoms with Gasteiger partial charge in [0.1, 0.15) is 0 Å². The summed E-state index contributed by atoms with van der Waals surface area (Å²) in [6.07, 6.45) is 0. The van der Waals surface area contributed by atoms with Crippen LogP contribution in [0.1, 0.15) is 0 Å². The SMILES string of the molecule is [BH4-].[BH4-].[Li+].[Na+]. The van der Waals surface area contributed by atoms with E-state index in [0.29, 0.717) is 0 Å². The van der Waals surface area contributed by atoms with Crippen LogP contribution in [0, 0.1) is 0 Å². The van der Waals surface area contributed by atoms with Crippen molar-refractivity contribution in [3.05, 3.63) is 0 Å². The molecule has 4 heteroatoms. The van der Waals surface area contributed by atoms with Gasteiger partial charge in [0.25, 0.3) is 0 Å². The molecule has 0 aromatic carbocycles. The molecule has 0 unspecified atom stereocenters. The first-order valence-electron chi connectivity index (χ1n) is 0. The molecule has 0 aliphatic carbocycles. The molecule has 16 valence electrons. The Balaban J connectivity index is 0. The third kappa shape index (κ3) is 9.29. The van der Waals surface area contributed by atoms with E-state index in [0.717, 1.165) is 0 Å². The monoisotopic (exact) mass is 60.1 g/mol. The van der Waals surface area contributed by atoms with Gasteiger partial charge in [0, 0.05) is 0 Å². The molecule has 0 bridgehead atoms. The molecule has 0 rings (SSSR count). The molecule has 0 aliphatic heterocycles. The van der Waals surface area contributed by atoms with Crippen molar-refractivity contribution in [2.24, 2.45) is 0 Å². The van der Waals surface area contributed by atoms with E-state index in [1.54, 1.807) is 0 Å². The number of hydrogen-bond acceptors (Lipinski definition) is 0. The normalized spacial score (nSPS) is 0. The van der Waals surface area contributed by atoms with Crippen molar-refractivity contribution in [2.45, 2.75) is 0 Å². The Kier molecular flexibility index (Phi) is 236. The molecular formula is H8B2LiNa. The van der Waals surface area contributed by atoms with Gasteiger partial charge in [-0.2, -0.15) is 0 Å². The van der Waals surface area contributed by atoms with Crippen molar-refractivity contribution >= 4 is 16.8 Å². The topological polar surface area (TPSA) is 0 Å². The third-order valence-corrected chi connectivity index (χ3v) is 0. The Bertz CT molecular complexity index is 6.00. The molecular weight excluding hydrogens is 51.6 g/mol. The zero-order chi connectivity index (χ0) is 0. The van der Waals surface area contributed by atoms with Gasteiger partial charge in [-0.1, -0.05) is 16.8 Å². The van der Waals surface area contributed by atoms with Crippen molar-refractivity contribution in [1.82, 2.24) is 0 Å². The second-order valence-corrected chi connectivity index (χ2v) is 0. The zero-order valence-electron chi connectivity index (χ0n) is 2.00. The molecule has 0 nitrogen and oxygen atoms in total. The van der Waals surface area contributed by atoms with E-state index < -0.39 is 0 Å². The quantitative estimate of drug-likeness (QED) is 0.243. The first-order chi connectivity index (χ1) is 0. The summed E-state index contributed by atoms with van der Waals surface area (Å²) in [5, 5.41) is 0. The maximum atomic E-state index is 0. The first-order valence-corrected chi connectivity index (χ1v) is 0. The number of rotatable bonds is 0. The van der Waals surface area contributed by atoms with Crippen molar-refractivity contribution in [2.75, 3.05) is 0 Å². The minimum absolute atomic E-state index is 0.